The third kappa shape index (κ3) is 3.63. The van der Waals surface area contributed by atoms with Crippen LogP contribution in [-0.4, -0.2) is 50.9 Å². The van der Waals surface area contributed by atoms with Crippen molar-refractivity contribution in [2.45, 2.75) is 39.7 Å². The summed E-state index contributed by atoms with van der Waals surface area (Å²) in [6, 6.07) is 5.22. The van der Waals surface area contributed by atoms with Gasteiger partial charge in [-0.2, -0.15) is 0 Å². The molecular weight excluding hydrogens is 380 g/mol. The largest absolute Gasteiger partial charge is 0.351 e. The zero-order valence-corrected chi connectivity index (χ0v) is 17.6. The average Bonchev–Trinajstić information content (AvgIpc) is 2.75. The normalized spacial score (nSPS) is 15.0. The van der Waals surface area contributed by atoms with Crippen molar-refractivity contribution in [2.24, 2.45) is 0 Å². The van der Waals surface area contributed by atoms with Gasteiger partial charge in [0, 0.05) is 25.8 Å². The molecule has 0 aliphatic carbocycles. The van der Waals surface area contributed by atoms with Crippen LogP contribution < -0.4 is 16.4 Å². The number of nitrogens with zero attached hydrogens (tertiary/aromatic N) is 4. The van der Waals surface area contributed by atoms with Gasteiger partial charge in [-0.15, -0.1) is 0 Å². The fourth-order valence-electron chi connectivity index (χ4n) is 4.18. The molecule has 0 saturated carbocycles. The second-order valence-corrected chi connectivity index (χ2v) is 7.85. The molecule has 30 heavy (non-hydrogen) atoms. The van der Waals surface area contributed by atoms with Gasteiger partial charge in [0.15, 0.2) is 0 Å². The molecule has 0 aromatic carbocycles. The molecular formula is C22H28N6O2. The van der Waals surface area contributed by atoms with Crippen molar-refractivity contribution in [2.75, 3.05) is 26.2 Å². The minimum atomic E-state index is -0.324. The molecule has 1 amide bonds. The molecule has 158 valence electrons. The number of fused-ring (bicyclic) bond motifs is 2. The molecule has 3 aromatic rings. The third-order valence-corrected chi connectivity index (χ3v) is 5.86. The number of hydrogen-bond donors (Lipinski definition) is 2. The van der Waals surface area contributed by atoms with Gasteiger partial charge in [-0.05, 0) is 57.5 Å². The Morgan fingerprint density at radius 2 is 2.00 bits per heavy atom. The summed E-state index contributed by atoms with van der Waals surface area (Å²) >= 11 is 0. The van der Waals surface area contributed by atoms with E-state index in [1.54, 1.807) is 16.8 Å². The van der Waals surface area contributed by atoms with Crippen molar-refractivity contribution in [1.82, 2.24) is 24.2 Å². The molecule has 3 aromatic heterocycles. The van der Waals surface area contributed by atoms with Crippen LogP contribution >= 0.6 is 0 Å². The number of likely N-dealkylation sites (tertiary alicyclic amines) is 1. The molecule has 0 unspecified atom stereocenters. The first-order valence-electron chi connectivity index (χ1n) is 10.6. The van der Waals surface area contributed by atoms with Crippen LogP contribution in [0.5, 0.6) is 0 Å². The van der Waals surface area contributed by atoms with Crippen molar-refractivity contribution in [1.29, 1.82) is 5.41 Å². The number of nitrogens with one attached hydrogen (secondary N) is 2. The topological polar surface area (TPSA) is 95.5 Å². The van der Waals surface area contributed by atoms with Crippen molar-refractivity contribution in [3.05, 3.63) is 51.4 Å². The summed E-state index contributed by atoms with van der Waals surface area (Å²) < 4.78 is 3.13. The van der Waals surface area contributed by atoms with Crippen molar-refractivity contribution in [3.8, 4) is 0 Å². The highest BCUT2D eigenvalue weighted by Gasteiger charge is 2.18. The van der Waals surface area contributed by atoms with E-state index in [2.05, 4.69) is 15.2 Å². The summed E-state index contributed by atoms with van der Waals surface area (Å²) in [5.74, 6) is -0.324. The Hall–Kier alpha value is -3.00. The molecule has 8 heteroatoms. The van der Waals surface area contributed by atoms with E-state index < -0.39 is 0 Å². The lowest BCUT2D eigenvalue weighted by molar-refractivity contribution is 0.0944. The predicted octanol–water partition coefficient (Wildman–Crippen LogP) is 1.67. The maximum atomic E-state index is 13.1. The molecule has 1 aliphatic heterocycles. The molecule has 0 atom stereocenters. The van der Waals surface area contributed by atoms with E-state index in [1.165, 1.54) is 29.7 Å². The van der Waals surface area contributed by atoms with Gasteiger partial charge in [-0.3, -0.25) is 19.4 Å². The van der Waals surface area contributed by atoms with Gasteiger partial charge >= 0.3 is 0 Å². The van der Waals surface area contributed by atoms with Gasteiger partial charge in [0.1, 0.15) is 16.8 Å². The zero-order valence-electron chi connectivity index (χ0n) is 17.6. The fraction of sp³-hybridized carbons (Fsp3) is 0.455. The van der Waals surface area contributed by atoms with E-state index >= 15 is 0 Å². The first-order chi connectivity index (χ1) is 14.5. The van der Waals surface area contributed by atoms with Crippen LogP contribution in [-0.2, 0) is 6.54 Å². The number of aryl methyl sites for hydroxylation is 2. The Kier molecular flexibility index (Phi) is 5.67. The van der Waals surface area contributed by atoms with Crippen LogP contribution in [0.3, 0.4) is 0 Å². The lowest BCUT2D eigenvalue weighted by Crippen LogP contribution is -2.40. The van der Waals surface area contributed by atoms with Crippen LogP contribution in [0.4, 0.5) is 0 Å². The molecule has 1 aliphatic rings. The molecule has 0 radical (unpaired) electrons. The Labute approximate surface area is 174 Å². The first kappa shape index (κ1) is 20.3. The van der Waals surface area contributed by atoms with Gasteiger partial charge in [-0.1, -0.05) is 12.5 Å². The second-order valence-electron chi connectivity index (χ2n) is 7.85. The Morgan fingerprint density at radius 1 is 1.23 bits per heavy atom. The van der Waals surface area contributed by atoms with Crippen LogP contribution in [0, 0.1) is 12.3 Å². The van der Waals surface area contributed by atoms with E-state index in [4.69, 9.17) is 5.41 Å². The maximum absolute atomic E-state index is 13.1. The SMILES string of the molecule is CCn1c(=N)c(C(=O)NCCN2CCCCC2)cc2c(=O)n3cccc(C)c3nc21. The number of carbonyl (C=O) groups is 1. The number of amides is 1. The monoisotopic (exact) mass is 408 g/mol. The number of carbonyl (C=O) groups excluding carboxylic acids is 1. The highest BCUT2D eigenvalue weighted by atomic mass is 16.1. The molecule has 0 bridgehead atoms. The van der Waals surface area contributed by atoms with Gasteiger partial charge in [-0.25, -0.2) is 4.98 Å². The first-order valence-corrected chi connectivity index (χ1v) is 10.6. The highest BCUT2D eigenvalue weighted by molar-refractivity contribution is 5.96. The number of rotatable bonds is 5. The fourth-order valence-corrected chi connectivity index (χ4v) is 4.18. The summed E-state index contributed by atoms with van der Waals surface area (Å²) in [5, 5.41) is 11.8. The Bertz CT molecular complexity index is 1220. The average molecular weight is 409 g/mol. The van der Waals surface area contributed by atoms with Gasteiger partial charge in [0.05, 0.1) is 10.9 Å². The standard InChI is InChI=1S/C22H28N6O2/c1-3-27-18(23)16(21(29)24-9-13-26-10-5-4-6-11-26)14-17-20(27)25-19-15(2)8-7-12-28(19)22(17)30/h7-8,12,14,23H,3-6,9-11,13H2,1-2H3,(H,24,29). The van der Waals surface area contributed by atoms with Crippen molar-refractivity contribution < 1.29 is 4.79 Å². The minimum Gasteiger partial charge on any atom is -0.351 e. The zero-order chi connectivity index (χ0) is 21.3. The van der Waals surface area contributed by atoms with Crippen LogP contribution in [0.1, 0.15) is 42.1 Å². The molecule has 4 heterocycles. The van der Waals surface area contributed by atoms with Gasteiger partial charge < -0.3 is 14.8 Å². The smallest absolute Gasteiger partial charge is 0.267 e. The predicted molar refractivity (Wildman–Crippen MR) is 116 cm³/mol. The van der Waals surface area contributed by atoms with Gasteiger partial charge in [0.25, 0.3) is 11.5 Å². The Balaban J connectivity index is 1.71. The molecule has 1 saturated heterocycles. The van der Waals surface area contributed by atoms with Crippen LogP contribution in [0.25, 0.3) is 16.7 Å². The minimum absolute atomic E-state index is 0.0744. The molecule has 8 nitrogen and oxygen atoms in total. The number of hydrogen-bond acceptors (Lipinski definition) is 5. The van der Waals surface area contributed by atoms with Crippen molar-refractivity contribution in [3.63, 3.8) is 0 Å². The summed E-state index contributed by atoms with van der Waals surface area (Å²) in [5.41, 5.74) is 1.93. The number of pyridine rings is 2. The highest BCUT2D eigenvalue weighted by Crippen LogP contribution is 2.13. The Morgan fingerprint density at radius 3 is 2.73 bits per heavy atom. The molecule has 0 spiro atoms. The molecule has 2 N–H and O–H groups in total. The summed E-state index contributed by atoms with van der Waals surface area (Å²) in [6.45, 7) is 7.69. The van der Waals surface area contributed by atoms with E-state index in [9.17, 15) is 9.59 Å². The van der Waals surface area contributed by atoms with E-state index in [-0.39, 0.29) is 22.5 Å². The van der Waals surface area contributed by atoms with E-state index in [0.717, 1.165) is 25.2 Å². The summed E-state index contributed by atoms with van der Waals surface area (Å²) in [4.78, 5) is 33.0. The quantitative estimate of drug-likeness (QED) is 0.628. The number of aromatic nitrogens is 3. The lowest BCUT2D eigenvalue weighted by Gasteiger charge is -2.26. The second kappa shape index (κ2) is 8.39. The van der Waals surface area contributed by atoms with Crippen molar-refractivity contribution >= 4 is 22.6 Å². The van der Waals surface area contributed by atoms with E-state index in [1.807, 2.05) is 19.9 Å². The van der Waals surface area contributed by atoms with Crippen LogP contribution in [0.2, 0.25) is 0 Å². The lowest BCUT2D eigenvalue weighted by atomic mass is 10.1. The summed E-state index contributed by atoms with van der Waals surface area (Å²) in [6.07, 6.45) is 5.37. The van der Waals surface area contributed by atoms with Gasteiger partial charge in [0.2, 0.25) is 0 Å². The molecule has 1 fully saturated rings. The molecule has 4 rings (SSSR count). The maximum Gasteiger partial charge on any atom is 0.267 e. The van der Waals surface area contributed by atoms with Crippen LogP contribution in [0.15, 0.2) is 29.2 Å². The summed E-state index contributed by atoms with van der Waals surface area (Å²) in [7, 11) is 0. The van der Waals surface area contributed by atoms with E-state index in [0.29, 0.717) is 29.8 Å². The third-order valence-electron chi connectivity index (χ3n) is 5.86. The number of piperidine rings is 1.